The van der Waals surface area contributed by atoms with Crippen molar-refractivity contribution >= 4 is 30.8 Å². The van der Waals surface area contributed by atoms with Gasteiger partial charge in [-0.1, -0.05) is 13.5 Å². The molecule has 2 unspecified atom stereocenters. The monoisotopic (exact) mass is 170 g/mol. The molecule has 0 bridgehead atoms. The van der Waals surface area contributed by atoms with Crippen molar-refractivity contribution in [3.63, 3.8) is 0 Å². The SMILES string of the molecule is CC(CCl)C[SiH](C)Cl. The van der Waals surface area contributed by atoms with Gasteiger partial charge in [0.1, 0.15) is 8.11 Å². The highest BCUT2D eigenvalue weighted by atomic mass is 35.6. The average Bonchev–Trinajstić information content (AvgIpc) is 1.65. The maximum Gasteiger partial charge on any atom is 0.138 e. The van der Waals surface area contributed by atoms with Gasteiger partial charge in [-0.25, -0.2) is 0 Å². The van der Waals surface area contributed by atoms with Crippen LogP contribution in [-0.2, 0) is 0 Å². The van der Waals surface area contributed by atoms with Crippen molar-refractivity contribution in [3.05, 3.63) is 0 Å². The van der Waals surface area contributed by atoms with E-state index in [0.717, 1.165) is 11.9 Å². The predicted octanol–water partition coefficient (Wildman–Crippen LogP) is 2.45. The molecular weight excluding hydrogens is 159 g/mol. The molecule has 50 valence electrons. The van der Waals surface area contributed by atoms with Gasteiger partial charge in [0.2, 0.25) is 0 Å². The average molecular weight is 171 g/mol. The Hall–Kier alpha value is 0.797. The van der Waals surface area contributed by atoms with Gasteiger partial charge in [0.25, 0.3) is 0 Å². The van der Waals surface area contributed by atoms with E-state index in [0.29, 0.717) is 5.92 Å². The smallest absolute Gasteiger partial charge is 0.138 e. The van der Waals surface area contributed by atoms with Crippen LogP contribution in [0.4, 0.5) is 0 Å². The molecule has 0 spiro atoms. The minimum atomic E-state index is -0.858. The van der Waals surface area contributed by atoms with Crippen LogP contribution < -0.4 is 0 Å². The molecule has 0 radical (unpaired) electrons. The number of hydrogen-bond donors (Lipinski definition) is 0. The Bertz CT molecular complexity index is 56.4. The summed E-state index contributed by atoms with van der Waals surface area (Å²) in [4.78, 5) is 0. The molecule has 0 aromatic carbocycles. The van der Waals surface area contributed by atoms with Crippen molar-refractivity contribution in [2.24, 2.45) is 5.92 Å². The zero-order valence-electron chi connectivity index (χ0n) is 5.32. The Morgan fingerprint density at radius 2 is 2.12 bits per heavy atom. The van der Waals surface area contributed by atoms with Gasteiger partial charge in [-0.2, -0.15) is 11.1 Å². The first-order chi connectivity index (χ1) is 3.66. The fourth-order valence-corrected chi connectivity index (χ4v) is 3.14. The van der Waals surface area contributed by atoms with Gasteiger partial charge in [0, 0.05) is 5.88 Å². The van der Waals surface area contributed by atoms with E-state index in [1.165, 1.54) is 0 Å². The molecule has 0 rings (SSSR count). The van der Waals surface area contributed by atoms with Gasteiger partial charge in [-0.05, 0) is 12.0 Å². The number of hydrogen-bond acceptors (Lipinski definition) is 0. The van der Waals surface area contributed by atoms with Crippen molar-refractivity contribution in [2.75, 3.05) is 5.88 Å². The molecule has 8 heavy (non-hydrogen) atoms. The predicted molar refractivity (Wildman–Crippen MR) is 43.6 cm³/mol. The van der Waals surface area contributed by atoms with Gasteiger partial charge in [-0.15, -0.1) is 11.6 Å². The van der Waals surface area contributed by atoms with Crippen molar-refractivity contribution in [3.8, 4) is 0 Å². The van der Waals surface area contributed by atoms with Crippen LogP contribution >= 0.6 is 22.7 Å². The fourth-order valence-electron chi connectivity index (χ4n) is 0.617. The highest BCUT2D eigenvalue weighted by Gasteiger charge is 2.04. The minimum Gasteiger partial charge on any atom is -0.172 e. The maximum atomic E-state index is 5.83. The zero-order valence-corrected chi connectivity index (χ0v) is 7.99. The molecule has 0 aliphatic rings. The number of halogens is 2. The lowest BCUT2D eigenvalue weighted by Crippen LogP contribution is -2.05. The summed E-state index contributed by atoms with van der Waals surface area (Å²) in [5.74, 6) is 1.38. The van der Waals surface area contributed by atoms with Crippen molar-refractivity contribution < 1.29 is 0 Å². The van der Waals surface area contributed by atoms with E-state index < -0.39 is 8.11 Å². The van der Waals surface area contributed by atoms with Crippen LogP contribution in [0, 0.1) is 5.92 Å². The summed E-state index contributed by atoms with van der Waals surface area (Å²) in [7, 11) is -0.858. The molecule has 2 atom stereocenters. The van der Waals surface area contributed by atoms with E-state index in [9.17, 15) is 0 Å². The number of alkyl halides is 1. The Kier molecular flexibility index (Phi) is 5.12. The molecule has 0 saturated carbocycles. The van der Waals surface area contributed by atoms with E-state index in [2.05, 4.69) is 13.5 Å². The third-order valence-electron chi connectivity index (χ3n) is 0.991. The summed E-state index contributed by atoms with van der Waals surface area (Å²) >= 11 is 11.4. The second kappa shape index (κ2) is 4.65. The summed E-state index contributed by atoms with van der Waals surface area (Å²) < 4.78 is 0. The van der Waals surface area contributed by atoms with Gasteiger partial charge >= 0.3 is 0 Å². The first-order valence-electron chi connectivity index (χ1n) is 2.86. The van der Waals surface area contributed by atoms with Crippen LogP contribution in [0.15, 0.2) is 0 Å². The zero-order chi connectivity index (χ0) is 6.57. The van der Waals surface area contributed by atoms with E-state index in [-0.39, 0.29) is 0 Å². The van der Waals surface area contributed by atoms with Crippen LogP contribution in [0.25, 0.3) is 0 Å². The largest absolute Gasteiger partial charge is 0.172 e. The van der Waals surface area contributed by atoms with Gasteiger partial charge in [0.05, 0.1) is 0 Å². The van der Waals surface area contributed by atoms with Gasteiger partial charge < -0.3 is 0 Å². The molecule has 0 aromatic rings. The molecule has 0 nitrogen and oxygen atoms in total. The van der Waals surface area contributed by atoms with Crippen LogP contribution in [0.1, 0.15) is 6.92 Å². The molecule has 0 N–H and O–H groups in total. The lowest BCUT2D eigenvalue weighted by Gasteiger charge is -2.05. The highest BCUT2D eigenvalue weighted by Crippen LogP contribution is 2.09. The number of rotatable bonds is 3. The normalized spacial score (nSPS) is 18.0. The molecule has 0 saturated heterocycles. The van der Waals surface area contributed by atoms with Crippen molar-refractivity contribution in [1.29, 1.82) is 0 Å². The maximum absolute atomic E-state index is 5.83. The Balaban J connectivity index is 3.10. The molecule has 3 heteroatoms. The third kappa shape index (κ3) is 4.94. The van der Waals surface area contributed by atoms with Gasteiger partial charge in [-0.3, -0.25) is 0 Å². The second-order valence-electron chi connectivity index (χ2n) is 2.28. The van der Waals surface area contributed by atoms with E-state index in [1.54, 1.807) is 0 Å². The molecular formula is C5H12Cl2Si. The van der Waals surface area contributed by atoms with Crippen molar-refractivity contribution in [2.45, 2.75) is 19.5 Å². The minimum absolute atomic E-state index is 0.621. The Labute approximate surface area is 62.5 Å². The van der Waals surface area contributed by atoms with Crippen LogP contribution in [0.5, 0.6) is 0 Å². The summed E-state index contributed by atoms with van der Waals surface area (Å²) in [5.41, 5.74) is 0. The second-order valence-corrected chi connectivity index (χ2v) is 6.85. The van der Waals surface area contributed by atoms with E-state index in [4.69, 9.17) is 22.7 Å². The Morgan fingerprint density at radius 3 is 2.25 bits per heavy atom. The quantitative estimate of drug-likeness (QED) is 0.347. The lowest BCUT2D eigenvalue weighted by atomic mass is 10.3. The van der Waals surface area contributed by atoms with Crippen LogP contribution in [-0.4, -0.2) is 14.0 Å². The molecule has 0 amide bonds. The first kappa shape index (κ1) is 8.80. The Morgan fingerprint density at radius 1 is 1.62 bits per heavy atom. The van der Waals surface area contributed by atoms with Crippen molar-refractivity contribution in [1.82, 2.24) is 0 Å². The topological polar surface area (TPSA) is 0 Å². The van der Waals surface area contributed by atoms with Gasteiger partial charge in [0.15, 0.2) is 0 Å². The standard InChI is InChI=1S/C5H12Cl2Si/c1-5(3-6)4-8(2)7/h5,8H,3-4H2,1-2H3. The van der Waals surface area contributed by atoms with Crippen LogP contribution in [0.2, 0.25) is 12.6 Å². The summed E-state index contributed by atoms with van der Waals surface area (Å²) in [6, 6.07) is 1.16. The highest BCUT2D eigenvalue weighted by molar-refractivity contribution is 7.06. The van der Waals surface area contributed by atoms with Crippen LogP contribution in [0.3, 0.4) is 0 Å². The molecule has 0 fully saturated rings. The summed E-state index contributed by atoms with van der Waals surface area (Å²) in [6.07, 6.45) is 0. The first-order valence-corrected chi connectivity index (χ1v) is 7.12. The van der Waals surface area contributed by atoms with E-state index >= 15 is 0 Å². The molecule has 0 heterocycles. The molecule has 0 aliphatic carbocycles. The molecule has 0 aromatic heterocycles. The lowest BCUT2D eigenvalue weighted by molar-refractivity contribution is 0.738. The summed E-state index contributed by atoms with van der Waals surface area (Å²) in [5, 5.41) is 0. The van der Waals surface area contributed by atoms with E-state index in [1.807, 2.05) is 0 Å². The summed E-state index contributed by atoms with van der Waals surface area (Å²) in [6.45, 7) is 4.27. The fraction of sp³-hybridized carbons (Fsp3) is 1.00. The molecule has 0 aliphatic heterocycles. The third-order valence-corrected chi connectivity index (χ3v) is 3.51.